The summed E-state index contributed by atoms with van der Waals surface area (Å²) in [5, 5.41) is 30.5. The molecule has 8 nitrogen and oxygen atoms in total. The number of nitrogens with two attached hydrogens (primary N) is 1. The van der Waals surface area contributed by atoms with Gasteiger partial charge in [-0.2, -0.15) is 5.10 Å². The van der Waals surface area contributed by atoms with Gasteiger partial charge in [0.1, 0.15) is 5.75 Å². The van der Waals surface area contributed by atoms with E-state index in [9.17, 15) is 14.7 Å². The highest BCUT2D eigenvalue weighted by Crippen LogP contribution is 2.22. The first kappa shape index (κ1) is 18.2. The number of carboxylic acid groups (broad SMARTS) is 2. The fourth-order valence-corrected chi connectivity index (χ4v) is 1.88. The lowest BCUT2D eigenvalue weighted by Crippen LogP contribution is -2.22. The summed E-state index contributed by atoms with van der Waals surface area (Å²) in [4.78, 5) is 19.1. The quantitative estimate of drug-likeness (QED) is 0.618. The summed E-state index contributed by atoms with van der Waals surface area (Å²) in [7, 11) is 0. The number of rotatable bonds is 4. The highest BCUT2D eigenvalue weighted by molar-refractivity contribution is 5.89. The number of hydrogen-bond donors (Lipinski definition) is 4. The van der Waals surface area contributed by atoms with Crippen LogP contribution in [-0.2, 0) is 16.1 Å². The van der Waals surface area contributed by atoms with E-state index < -0.39 is 11.9 Å². The molecule has 1 unspecified atom stereocenters. The molecule has 0 aliphatic rings. The van der Waals surface area contributed by atoms with Crippen LogP contribution in [0.4, 0.5) is 0 Å². The van der Waals surface area contributed by atoms with Crippen molar-refractivity contribution < 1.29 is 24.9 Å². The lowest BCUT2D eigenvalue weighted by Gasteiger charge is -2.06. The van der Waals surface area contributed by atoms with Gasteiger partial charge in [-0.3, -0.25) is 4.68 Å². The second-order valence-corrected chi connectivity index (χ2v) is 4.96. The van der Waals surface area contributed by atoms with Crippen LogP contribution in [0.5, 0.6) is 5.75 Å². The van der Waals surface area contributed by atoms with Crippen molar-refractivity contribution in [3.63, 3.8) is 0 Å². The number of aromatic nitrogens is 2. The van der Waals surface area contributed by atoms with Crippen LogP contribution in [0.25, 0.3) is 10.9 Å². The van der Waals surface area contributed by atoms with Gasteiger partial charge in [-0.1, -0.05) is 0 Å². The maximum atomic E-state index is 9.55. The van der Waals surface area contributed by atoms with Gasteiger partial charge in [0.15, 0.2) is 0 Å². The van der Waals surface area contributed by atoms with E-state index in [1.54, 1.807) is 12.1 Å². The third-order valence-electron chi connectivity index (χ3n) is 2.75. The van der Waals surface area contributed by atoms with E-state index >= 15 is 0 Å². The summed E-state index contributed by atoms with van der Waals surface area (Å²) < 4.78 is 1.84. The Bertz CT molecular complexity index is 718. The number of carbonyl (C=O) groups is 2. The van der Waals surface area contributed by atoms with Gasteiger partial charge in [0, 0.05) is 29.6 Å². The fourth-order valence-electron chi connectivity index (χ4n) is 1.88. The van der Waals surface area contributed by atoms with Crippen LogP contribution in [-0.4, -0.2) is 43.1 Å². The Morgan fingerprint density at radius 2 is 1.87 bits per heavy atom. The van der Waals surface area contributed by atoms with Crippen LogP contribution >= 0.6 is 0 Å². The van der Waals surface area contributed by atoms with Gasteiger partial charge in [0.25, 0.3) is 0 Å². The monoisotopic (exact) mass is 321 g/mol. The number of phenols is 1. The molecule has 2 rings (SSSR count). The molecule has 23 heavy (non-hydrogen) atoms. The largest absolute Gasteiger partial charge is 0.508 e. The molecule has 0 aliphatic carbocycles. The van der Waals surface area contributed by atoms with Crippen molar-refractivity contribution in [2.75, 3.05) is 0 Å². The minimum Gasteiger partial charge on any atom is -0.508 e. The predicted molar refractivity (Wildman–Crippen MR) is 84.2 cm³/mol. The van der Waals surface area contributed by atoms with Crippen molar-refractivity contribution in [3.8, 4) is 5.75 Å². The molecule has 2 aromatic rings. The molecule has 0 spiro atoms. The topological polar surface area (TPSA) is 139 Å². The standard InChI is InChI=1S/C11H15N3O.C4H4O4/c1-7(12)6-14-11-5-9(15)3-4-10(11)8(2)13-14;5-3(6)1-2-4(7)8/h3-5,7,15H,6,12H2,1-2H3;1-2H,(H,5,6)(H,7,8). The molecule has 1 heterocycles. The zero-order valence-electron chi connectivity index (χ0n) is 12.8. The average Bonchev–Trinajstić information content (AvgIpc) is 2.72. The summed E-state index contributed by atoms with van der Waals surface area (Å²) in [6, 6.07) is 5.32. The third kappa shape index (κ3) is 5.79. The minimum atomic E-state index is -1.26. The molecular weight excluding hydrogens is 302 g/mol. The normalized spacial score (nSPS) is 12.0. The van der Waals surface area contributed by atoms with Crippen LogP contribution in [0, 0.1) is 6.92 Å². The maximum Gasteiger partial charge on any atom is 0.328 e. The second-order valence-electron chi connectivity index (χ2n) is 4.96. The number of carboxylic acids is 2. The number of nitrogens with zero attached hydrogens (tertiary/aromatic N) is 2. The van der Waals surface area contributed by atoms with E-state index in [1.165, 1.54) is 0 Å². The van der Waals surface area contributed by atoms with Crippen LogP contribution in [0.1, 0.15) is 12.6 Å². The highest BCUT2D eigenvalue weighted by Gasteiger charge is 2.08. The molecule has 1 aromatic heterocycles. The number of hydrogen-bond acceptors (Lipinski definition) is 5. The average molecular weight is 321 g/mol. The minimum absolute atomic E-state index is 0.0508. The molecule has 0 saturated heterocycles. The van der Waals surface area contributed by atoms with Gasteiger partial charge in [0.2, 0.25) is 0 Å². The van der Waals surface area contributed by atoms with Crippen molar-refractivity contribution in [2.45, 2.75) is 26.4 Å². The van der Waals surface area contributed by atoms with Crippen molar-refractivity contribution >= 4 is 22.8 Å². The zero-order chi connectivity index (χ0) is 17.6. The Hall–Kier alpha value is -2.87. The van der Waals surface area contributed by atoms with Gasteiger partial charge in [-0.15, -0.1) is 0 Å². The van der Waals surface area contributed by atoms with Crippen molar-refractivity contribution in [2.24, 2.45) is 5.73 Å². The number of fused-ring (bicyclic) bond motifs is 1. The molecule has 0 amide bonds. The molecule has 0 aliphatic heterocycles. The van der Waals surface area contributed by atoms with Crippen LogP contribution < -0.4 is 5.73 Å². The van der Waals surface area contributed by atoms with Gasteiger partial charge in [-0.25, -0.2) is 9.59 Å². The molecule has 8 heteroatoms. The molecule has 124 valence electrons. The molecule has 0 fully saturated rings. The van der Waals surface area contributed by atoms with E-state index in [0.29, 0.717) is 18.7 Å². The molecule has 0 bridgehead atoms. The Morgan fingerprint density at radius 3 is 2.35 bits per heavy atom. The maximum absolute atomic E-state index is 9.55. The molecule has 0 radical (unpaired) electrons. The summed E-state index contributed by atoms with van der Waals surface area (Å²) in [5.41, 5.74) is 7.64. The number of phenolic OH excluding ortho intramolecular Hbond substituents is 1. The number of aromatic hydroxyl groups is 1. The van der Waals surface area contributed by atoms with E-state index in [2.05, 4.69) is 5.10 Å². The van der Waals surface area contributed by atoms with Crippen molar-refractivity contribution in [1.29, 1.82) is 0 Å². The Labute approximate surface area is 132 Å². The molecule has 1 aromatic carbocycles. The number of aryl methyl sites for hydroxylation is 1. The first-order chi connectivity index (χ1) is 10.7. The zero-order valence-corrected chi connectivity index (χ0v) is 12.8. The van der Waals surface area contributed by atoms with Gasteiger partial charge < -0.3 is 21.1 Å². The van der Waals surface area contributed by atoms with Crippen LogP contribution in [0.15, 0.2) is 30.4 Å². The van der Waals surface area contributed by atoms with Gasteiger partial charge in [-0.05, 0) is 26.0 Å². The first-order valence-corrected chi connectivity index (χ1v) is 6.76. The highest BCUT2D eigenvalue weighted by atomic mass is 16.4. The summed E-state index contributed by atoms with van der Waals surface area (Å²) >= 11 is 0. The number of aliphatic carboxylic acids is 2. The Morgan fingerprint density at radius 1 is 1.30 bits per heavy atom. The number of benzene rings is 1. The van der Waals surface area contributed by atoms with Crippen molar-refractivity contribution in [1.82, 2.24) is 9.78 Å². The Kier molecular flexibility index (Phi) is 6.28. The third-order valence-corrected chi connectivity index (χ3v) is 2.75. The molecule has 1 atom stereocenters. The van der Waals surface area contributed by atoms with Gasteiger partial charge >= 0.3 is 11.9 Å². The molecular formula is C15H19N3O5. The van der Waals surface area contributed by atoms with E-state index in [4.69, 9.17) is 15.9 Å². The van der Waals surface area contributed by atoms with E-state index in [1.807, 2.05) is 24.6 Å². The summed E-state index contributed by atoms with van der Waals surface area (Å²) in [6.07, 6.45) is 1.12. The summed E-state index contributed by atoms with van der Waals surface area (Å²) in [5.74, 6) is -2.26. The fraction of sp³-hybridized carbons (Fsp3) is 0.267. The van der Waals surface area contributed by atoms with E-state index in [-0.39, 0.29) is 11.8 Å². The lowest BCUT2D eigenvalue weighted by atomic mass is 10.2. The Balaban J connectivity index is 0.000000284. The predicted octanol–water partition coefficient (Wildman–Crippen LogP) is 1.11. The molecule has 0 saturated carbocycles. The van der Waals surface area contributed by atoms with E-state index in [0.717, 1.165) is 16.6 Å². The second kappa shape index (κ2) is 7.95. The smallest absolute Gasteiger partial charge is 0.328 e. The lowest BCUT2D eigenvalue weighted by molar-refractivity contribution is -0.134. The van der Waals surface area contributed by atoms with Crippen LogP contribution in [0.3, 0.4) is 0 Å². The first-order valence-electron chi connectivity index (χ1n) is 6.76. The van der Waals surface area contributed by atoms with Crippen molar-refractivity contribution in [3.05, 3.63) is 36.0 Å². The van der Waals surface area contributed by atoms with Crippen LogP contribution in [0.2, 0.25) is 0 Å². The van der Waals surface area contributed by atoms with Gasteiger partial charge in [0.05, 0.1) is 17.8 Å². The SMILES string of the molecule is Cc1nn(CC(C)N)c2cc(O)ccc12.O=C(O)C=CC(=O)O. The molecule has 5 N–H and O–H groups in total. The summed E-state index contributed by atoms with van der Waals surface area (Å²) in [6.45, 7) is 4.55.